The van der Waals surface area contributed by atoms with Crippen molar-refractivity contribution in [1.82, 2.24) is 0 Å². The molecule has 0 aromatic heterocycles. The van der Waals surface area contributed by atoms with Gasteiger partial charge in [-0.25, -0.2) is 4.39 Å². The van der Waals surface area contributed by atoms with Gasteiger partial charge in [0.05, 0.1) is 5.97 Å². The van der Waals surface area contributed by atoms with Crippen LogP contribution < -0.4 is 5.11 Å². The number of carboxylic acids is 1. The summed E-state index contributed by atoms with van der Waals surface area (Å²) in [5.74, 6) is -1.90. The van der Waals surface area contributed by atoms with Gasteiger partial charge in [0.1, 0.15) is 5.82 Å². The summed E-state index contributed by atoms with van der Waals surface area (Å²) in [6, 6.07) is 3.82. The molecule has 1 aromatic carbocycles. The van der Waals surface area contributed by atoms with Crippen LogP contribution in [0.25, 0.3) is 0 Å². The third kappa shape index (κ3) is 1.76. The zero-order chi connectivity index (χ0) is 9.14. The van der Waals surface area contributed by atoms with Gasteiger partial charge in [0.15, 0.2) is 0 Å². The van der Waals surface area contributed by atoms with Crippen LogP contribution >= 0.6 is 12.6 Å². The Morgan fingerprint density at radius 1 is 1.58 bits per heavy atom. The van der Waals surface area contributed by atoms with E-state index in [1.165, 1.54) is 12.1 Å². The van der Waals surface area contributed by atoms with E-state index in [0.717, 1.165) is 6.07 Å². The molecule has 0 radical (unpaired) electrons. The fourth-order valence-electron chi connectivity index (χ4n) is 0.823. The molecule has 0 amide bonds. The number of hydrogen-bond donors (Lipinski definition) is 1. The van der Waals surface area contributed by atoms with Crippen LogP contribution in [0.4, 0.5) is 4.39 Å². The van der Waals surface area contributed by atoms with Crippen molar-refractivity contribution in [2.24, 2.45) is 0 Å². The lowest BCUT2D eigenvalue weighted by Crippen LogP contribution is -2.23. The molecule has 12 heavy (non-hydrogen) atoms. The number of halogens is 1. The summed E-state index contributed by atoms with van der Waals surface area (Å²) in [4.78, 5) is 10.3. The van der Waals surface area contributed by atoms with Crippen LogP contribution in [0.15, 0.2) is 18.2 Å². The minimum absolute atomic E-state index is 0.379. The number of carboxylic acid groups (broad SMARTS) is 1. The molecule has 0 unspecified atom stereocenters. The highest BCUT2D eigenvalue weighted by Crippen LogP contribution is 2.10. The smallest absolute Gasteiger partial charge is 0.132 e. The summed E-state index contributed by atoms with van der Waals surface area (Å²) in [6.45, 7) is 0. The quantitative estimate of drug-likeness (QED) is 0.686. The lowest BCUT2D eigenvalue weighted by atomic mass is 10.1. The van der Waals surface area contributed by atoms with Crippen LogP contribution in [0.1, 0.15) is 15.9 Å². The van der Waals surface area contributed by atoms with Crippen molar-refractivity contribution in [3.63, 3.8) is 0 Å². The lowest BCUT2D eigenvalue weighted by Gasteiger charge is -2.04. The SMILES string of the molecule is O=C([O-])c1ccc(CS)cc1F. The molecule has 0 bridgehead atoms. The molecule has 0 saturated heterocycles. The summed E-state index contributed by atoms with van der Waals surface area (Å²) >= 11 is 3.91. The number of thiol groups is 1. The molecule has 0 saturated carbocycles. The fourth-order valence-corrected chi connectivity index (χ4v) is 1.02. The van der Waals surface area contributed by atoms with Crippen LogP contribution in [0.3, 0.4) is 0 Å². The molecule has 0 N–H and O–H groups in total. The number of carbonyl (C=O) groups excluding carboxylic acids is 1. The average Bonchev–Trinajstić information content (AvgIpc) is 2.03. The predicted octanol–water partition coefficient (Wildman–Crippen LogP) is 0.619. The number of carbonyl (C=O) groups is 1. The van der Waals surface area contributed by atoms with Crippen molar-refractivity contribution in [1.29, 1.82) is 0 Å². The van der Waals surface area contributed by atoms with Crippen LogP contribution in [-0.2, 0) is 5.75 Å². The van der Waals surface area contributed by atoms with E-state index in [9.17, 15) is 14.3 Å². The van der Waals surface area contributed by atoms with Crippen molar-refractivity contribution in [2.45, 2.75) is 5.75 Å². The number of benzene rings is 1. The first-order valence-corrected chi connectivity index (χ1v) is 3.89. The van der Waals surface area contributed by atoms with Gasteiger partial charge in [-0.2, -0.15) is 12.6 Å². The van der Waals surface area contributed by atoms with Crippen molar-refractivity contribution in [3.05, 3.63) is 35.1 Å². The Morgan fingerprint density at radius 2 is 2.25 bits per heavy atom. The maximum absolute atomic E-state index is 12.8. The summed E-state index contributed by atoms with van der Waals surface area (Å²) in [5, 5.41) is 10.3. The van der Waals surface area contributed by atoms with E-state index in [1.54, 1.807) is 0 Å². The molecule has 4 heteroatoms. The molecule has 0 atom stereocenters. The van der Waals surface area contributed by atoms with E-state index in [4.69, 9.17) is 0 Å². The fraction of sp³-hybridized carbons (Fsp3) is 0.125. The average molecular weight is 185 g/mol. The molecule has 0 aliphatic rings. The third-order valence-electron chi connectivity index (χ3n) is 1.44. The monoisotopic (exact) mass is 185 g/mol. The van der Waals surface area contributed by atoms with Gasteiger partial charge < -0.3 is 9.90 Å². The highest BCUT2D eigenvalue weighted by molar-refractivity contribution is 7.79. The Morgan fingerprint density at radius 3 is 2.67 bits per heavy atom. The first-order chi connectivity index (χ1) is 5.65. The van der Waals surface area contributed by atoms with E-state index in [1.807, 2.05) is 0 Å². The first-order valence-electron chi connectivity index (χ1n) is 3.26. The minimum Gasteiger partial charge on any atom is -0.545 e. The topological polar surface area (TPSA) is 40.1 Å². The van der Waals surface area contributed by atoms with Crippen molar-refractivity contribution >= 4 is 18.6 Å². The first kappa shape index (κ1) is 9.06. The Bertz CT molecular complexity index is 312. The van der Waals surface area contributed by atoms with Crippen LogP contribution in [-0.4, -0.2) is 5.97 Å². The van der Waals surface area contributed by atoms with Crippen molar-refractivity contribution in [2.75, 3.05) is 0 Å². The van der Waals surface area contributed by atoms with Gasteiger partial charge >= 0.3 is 0 Å². The molecule has 64 valence electrons. The second-order valence-electron chi connectivity index (χ2n) is 2.26. The summed E-state index contributed by atoms with van der Waals surface area (Å²) in [6.07, 6.45) is 0. The summed E-state index contributed by atoms with van der Waals surface area (Å²) < 4.78 is 12.8. The largest absolute Gasteiger partial charge is 0.545 e. The molecule has 0 aliphatic carbocycles. The highest BCUT2D eigenvalue weighted by Gasteiger charge is 2.02. The Balaban J connectivity index is 3.12. The maximum atomic E-state index is 12.8. The van der Waals surface area contributed by atoms with E-state index in [2.05, 4.69) is 12.6 Å². The maximum Gasteiger partial charge on any atom is 0.132 e. The molecule has 0 spiro atoms. The number of rotatable bonds is 2. The number of hydrogen-bond acceptors (Lipinski definition) is 3. The van der Waals surface area contributed by atoms with E-state index < -0.39 is 17.3 Å². The van der Waals surface area contributed by atoms with Gasteiger partial charge in [0, 0.05) is 11.3 Å². The van der Waals surface area contributed by atoms with Crippen molar-refractivity contribution < 1.29 is 14.3 Å². The van der Waals surface area contributed by atoms with Gasteiger partial charge in [-0.3, -0.25) is 0 Å². The van der Waals surface area contributed by atoms with Crippen molar-refractivity contribution in [3.8, 4) is 0 Å². The molecule has 1 rings (SSSR count). The van der Waals surface area contributed by atoms with Gasteiger partial charge in [-0.15, -0.1) is 0 Å². The summed E-state index contributed by atoms with van der Waals surface area (Å²) in [7, 11) is 0. The third-order valence-corrected chi connectivity index (χ3v) is 1.80. The van der Waals surface area contributed by atoms with Crippen LogP contribution in [0, 0.1) is 5.82 Å². The zero-order valence-corrected chi connectivity index (χ0v) is 6.98. The number of aromatic carboxylic acids is 1. The predicted molar refractivity (Wildman–Crippen MR) is 43.4 cm³/mol. The Kier molecular flexibility index (Phi) is 2.70. The standard InChI is InChI=1S/C8H7FO2S/c9-7-3-5(4-12)1-2-6(7)8(10)11/h1-3,12H,4H2,(H,10,11)/p-1. The molecule has 0 fully saturated rings. The molecular formula is C8H6FO2S-. The molecule has 1 aromatic rings. The van der Waals surface area contributed by atoms with E-state index in [0.29, 0.717) is 11.3 Å². The molecule has 2 nitrogen and oxygen atoms in total. The van der Waals surface area contributed by atoms with E-state index >= 15 is 0 Å². The highest BCUT2D eigenvalue weighted by atomic mass is 32.1. The second kappa shape index (κ2) is 3.58. The molecule has 0 heterocycles. The minimum atomic E-state index is -1.50. The zero-order valence-electron chi connectivity index (χ0n) is 6.08. The van der Waals surface area contributed by atoms with E-state index in [-0.39, 0.29) is 0 Å². The summed E-state index contributed by atoms with van der Waals surface area (Å²) in [5.41, 5.74) is 0.223. The van der Waals surface area contributed by atoms with Crippen LogP contribution in [0.5, 0.6) is 0 Å². The second-order valence-corrected chi connectivity index (χ2v) is 2.58. The van der Waals surface area contributed by atoms with Gasteiger partial charge in [-0.05, 0) is 17.7 Å². The Labute approximate surface area is 74.4 Å². The molecule has 0 aliphatic heterocycles. The van der Waals surface area contributed by atoms with Gasteiger partial charge in [0.25, 0.3) is 0 Å². The lowest BCUT2D eigenvalue weighted by molar-refractivity contribution is -0.255. The van der Waals surface area contributed by atoms with Gasteiger partial charge in [0.2, 0.25) is 0 Å². The molecular weight excluding hydrogens is 179 g/mol. The normalized spacial score (nSPS) is 9.83. The van der Waals surface area contributed by atoms with Gasteiger partial charge in [-0.1, -0.05) is 6.07 Å². The Hall–Kier alpha value is -1.03. The van der Waals surface area contributed by atoms with Crippen LogP contribution in [0.2, 0.25) is 0 Å².